The van der Waals surface area contributed by atoms with Crippen LogP contribution in [-0.2, 0) is 21.7 Å². The van der Waals surface area contributed by atoms with Crippen LogP contribution in [0.3, 0.4) is 0 Å². The molecule has 0 spiro atoms. The normalized spacial score (nSPS) is 18.3. The number of benzene rings is 1. The topological polar surface area (TPSA) is 40.6 Å². The lowest BCUT2D eigenvalue weighted by Crippen LogP contribution is -2.50. The summed E-state index contributed by atoms with van der Waals surface area (Å²) in [5.41, 5.74) is 1.76. The van der Waals surface area contributed by atoms with E-state index in [1.165, 1.54) is 0 Å². The second-order valence-corrected chi connectivity index (χ2v) is 7.97. The zero-order valence-corrected chi connectivity index (χ0v) is 14.2. The molecule has 1 fully saturated rings. The average molecular weight is 331 g/mol. The van der Waals surface area contributed by atoms with E-state index in [0.717, 1.165) is 24.2 Å². The summed E-state index contributed by atoms with van der Waals surface area (Å²) in [6.07, 6.45) is 0. The molecule has 1 aliphatic rings. The van der Waals surface area contributed by atoms with Gasteiger partial charge in [0.2, 0.25) is 10.0 Å². The summed E-state index contributed by atoms with van der Waals surface area (Å²) in [6.45, 7) is 7.05. The number of halogens is 1. The maximum atomic E-state index is 12.5. The van der Waals surface area contributed by atoms with Gasteiger partial charge in [0.1, 0.15) is 0 Å². The second kappa shape index (κ2) is 7.09. The standard InChI is InChI=1S/C15H23ClN2O2S/c1-13(2)17-6-8-18(9-7-17)21(19,20)12-15-5-3-4-14(10-15)11-16/h3-5,10,13H,6-9,11-12H2,1-2H3. The van der Waals surface area contributed by atoms with Crippen LogP contribution < -0.4 is 0 Å². The first-order valence-corrected chi connectivity index (χ1v) is 9.42. The van der Waals surface area contributed by atoms with Gasteiger partial charge in [0.15, 0.2) is 0 Å². The third-order valence-electron chi connectivity index (χ3n) is 3.89. The molecule has 6 heteroatoms. The molecule has 1 aromatic rings. The van der Waals surface area contributed by atoms with E-state index in [9.17, 15) is 8.42 Å². The third-order valence-corrected chi connectivity index (χ3v) is 6.05. The number of sulfonamides is 1. The van der Waals surface area contributed by atoms with Gasteiger partial charge >= 0.3 is 0 Å². The fourth-order valence-corrected chi connectivity index (χ4v) is 4.27. The summed E-state index contributed by atoms with van der Waals surface area (Å²) in [5.74, 6) is 0.459. The molecule has 21 heavy (non-hydrogen) atoms. The maximum absolute atomic E-state index is 12.5. The molecule has 1 aromatic carbocycles. The lowest BCUT2D eigenvalue weighted by atomic mass is 10.2. The quantitative estimate of drug-likeness (QED) is 0.778. The van der Waals surface area contributed by atoms with Gasteiger partial charge in [-0.15, -0.1) is 11.6 Å². The minimum absolute atomic E-state index is 0.0550. The van der Waals surface area contributed by atoms with Gasteiger partial charge in [-0.3, -0.25) is 4.90 Å². The van der Waals surface area contributed by atoms with E-state index in [1.54, 1.807) is 4.31 Å². The highest BCUT2D eigenvalue weighted by Crippen LogP contribution is 2.16. The summed E-state index contributed by atoms with van der Waals surface area (Å²) in [4.78, 5) is 2.31. The highest BCUT2D eigenvalue weighted by Gasteiger charge is 2.27. The lowest BCUT2D eigenvalue weighted by Gasteiger charge is -2.36. The highest BCUT2D eigenvalue weighted by atomic mass is 35.5. The first-order chi connectivity index (χ1) is 9.92. The molecule has 1 aliphatic heterocycles. The van der Waals surface area contributed by atoms with Crippen molar-refractivity contribution < 1.29 is 8.42 Å². The van der Waals surface area contributed by atoms with E-state index in [4.69, 9.17) is 11.6 Å². The van der Waals surface area contributed by atoms with Gasteiger partial charge in [-0.1, -0.05) is 24.3 Å². The number of hydrogen-bond donors (Lipinski definition) is 0. The van der Waals surface area contributed by atoms with Crippen LogP contribution >= 0.6 is 11.6 Å². The summed E-state index contributed by atoms with van der Waals surface area (Å²) >= 11 is 5.80. The van der Waals surface area contributed by atoms with Crippen LogP contribution in [0, 0.1) is 0 Å². The molecule has 0 bridgehead atoms. The summed E-state index contributed by atoms with van der Waals surface area (Å²) in [6, 6.07) is 7.95. The van der Waals surface area contributed by atoms with Crippen molar-refractivity contribution in [2.75, 3.05) is 26.2 Å². The van der Waals surface area contributed by atoms with Crippen molar-refractivity contribution in [2.24, 2.45) is 0 Å². The Balaban J connectivity index is 2.02. The van der Waals surface area contributed by atoms with E-state index in [1.807, 2.05) is 24.3 Å². The van der Waals surface area contributed by atoms with Crippen molar-refractivity contribution in [1.82, 2.24) is 9.21 Å². The molecule has 0 atom stereocenters. The van der Waals surface area contributed by atoms with Crippen molar-refractivity contribution in [1.29, 1.82) is 0 Å². The van der Waals surface area contributed by atoms with Gasteiger partial charge in [0, 0.05) is 38.1 Å². The largest absolute Gasteiger partial charge is 0.298 e. The van der Waals surface area contributed by atoms with Crippen molar-refractivity contribution in [3.63, 3.8) is 0 Å². The Hall–Kier alpha value is -0.620. The van der Waals surface area contributed by atoms with Gasteiger partial charge in [-0.2, -0.15) is 4.31 Å². The van der Waals surface area contributed by atoms with Crippen LogP contribution in [0.25, 0.3) is 0 Å². The number of alkyl halides is 1. The van der Waals surface area contributed by atoms with Gasteiger partial charge in [-0.25, -0.2) is 8.42 Å². The first-order valence-electron chi connectivity index (χ1n) is 7.28. The molecule has 0 N–H and O–H groups in total. The summed E-state index contributed by atoms with van der Waals surface area (Å²) < 4.78 is 26.6. The molecule has 2 rings (SSSR count). The molecule has 0 radical (unpaired) electrons. The SMILES string of the molecule is CC(C)N1CCN(S(=O)(=O)Cc2cccc(CCl)c2)CC1. The predicted octanol–water partition coefficient (Wildman–Crippen LogP) is 2.28. The molecule has 1 heterocycles. The fraction of sp³-hybridized carbons (Fsp3) is 0.600. The van der Waals surface area contributed by atoms with Crippen LogP contribution in [0.5, 0.6) is 0 Å². The molecular weight excluding hydrogens is 308 g/mol. The van der Waals surface area contributed by atoms with Gasteiger partial charge in [-0.05, 0) is 25.0 Å². The molecule has 4 nitrogen and oxygen atoms in total. The Kier molecular flexibility index (Phi) is 5.66. The first kappa shape index (κ1) is 16.7. The molecule has 0 aromatic heterocycles. The Labute approximate surface area is 132 Å². The van der Waals surface area contributed by atoms with Crippen molar-refractivity contribution in [3.8, 4) is 0 Å². The monoisotopic (exact) mass is 330 g/mol. The highest BCUT2D eigenvalue weighted by molar-refractivity contribution is 7.88. The Bertz CT molecular complexity index is 567. The second-order valence-electron chi connectivity index (χ2n) is 5.74. The number of piperazine rings is 1. The molecule has 0 aliphatic carbocycles. The Morgan fingerprint density at radius 3 is 2.33 bits per heavy atom. The van der Waals surface area contributed by atoms with E-state index in [-0.39, 0.29) is 5.75 Å². The molecule has 1 saturated heterocycles. The molecule has 0 unspecified atom stereocenters. The van der Waals surface area contributed by atoms with Gasteiger partial charge in [0.25, 0.3) is 0 Å². The van der Waals surface area contributed by atoms with Crippen molar-refractivity contribution in [2.45, 2.75) is 31.5 Å². The third kappa shape index (κ3) is 4.42. The lowest BCUT2D eigenvalue weighted by molar-refractivity contribution is 0.154. The summed E-state index contributed by atoms with van der Waals surface area (Å²) in [7, 11) is -3.25. The number of hydrogen-bond acceptors (Lipinski definition) is 3. The minimum atomic E-state index is -3.25. The van der Waals surface area contributed by atoms with Crippen molar-refractivity contribution >= 4 is 21.6 Å². The van der Waals surface area contributed by atoms with Crippen LogP contribution in [0.15, 0.2) is 24.3 Å². The van der Waals surface area contributed by atoms with E-state index in [0.29, 0.717) is 25.0 Å². The smallest absolute Gasteiger partial charge is 0.218 e. The van der Waals surface area contributed by atoms with Crippen LogP contribution in [0.2, 0.25) is 0 Å². The van der Waals surface area contributed by atoms with E-state index >= 15 is 0 Å². The van der Waals surface area contributed by atoms with Crippen LogP contribution in [-0.4, -0.2) is 49.8 Å². The van der Waals surface area contributed by atoms with Gasteiger partial charge < -0.3 is 0 Å². The maximum Gasteiger partial charge on any atom is 0.218 e. The minimum Gasteiger partial charge on any atom is -0.298 e. The Morgan fingerprint density at radius 2 is 1.76 bits per heavy atom. The molecule has 0 saturated carbocycles. The fourth-order valence-electron chi connectivity index (χ4n) is 2.60. The number of nitrogens with zero attached hydrogens (tertiary/aromatic N) is 2. The average Bonchev–Trinajstić information content (AvgIpc) is 2.47. The van der Waals surface area contributed by atoms with Crippen molar-refractivity contribution in [3.05, 3.63) is 35.4 Å². The number of rotatable bonds is 5. The van der Waals surface area contributed by atoms with Gasteiger partial charge in [0.05, 0.1) is 5.75 Å². The van der Waals surface area contributed by atoms with Crippen LogP contribution in [0.1, 0.15) is 25.0 Å². The predicted molar refractivity (Wildman–Crippen MR) is 86.9 cm³/mol. The molecule has 0 amide bonds. The van der Waals surface area contributed by atoms with E-state index < -0.39 is 10.0 Å². The molecule has 118 valence electrons. The van der Waals surface area contributed by atoms with E-state index in [2.05, 4.69) is 18.7 Å². The zero-order chi connectivity index (χ0) is 15.5. The Morgan fingerprint density at radius 1 is 1.14 bits per heavy atom. The zero-order valence-electron chi connectivity index (χ0n) is 12.6. The van der Waals surface area contributed by atoms with Crippen LogP contribution in [0.4, 0.5) is 0 Å². The summed E-state index contributed by atoms with van der Waals surface area (Å²) in [5, 5.41) is 0. The molecular formula is C15H23ClN2O2S.